The first-order chi connectivity index (χ1) is 11.8. The number of ether oxygens (including phenoxy) is 3. The van der Waals surface area contributed by atoms with Crippen LogP contribution in [-0.2, 0) is 20.8 Å². The lowest BCUT2D eigenvalue weighted by atomic mass is 10.2. The van der Waals surface area contributed by atoms with Crippen LogP contribution in [-0.4, -0.2) is 60.2 Å². The first-order valence-electron chi connectivity index (χ1n) is 8.73. The highest BCUT2D eigenvalue weighted by Crippen LogP contribution is 2.17. The summed E-state index contributed by atoms with van der Waals surface area (Å²) in [6.45, 7) is 7.53. The first-order valence-corrected chi connectivity index (χ1v) is 8.73. The molecule has 1 aliphatic rings. The number of hydrogen-bond donors (Lipinski definition) is 1. The summed E-state index contributed by atoms with van der Waals surface area (Å²) in [6.07, 6.45) is -0.322. The van der Waals surface area contributed by atoms with Crippen molar-refractivity contribution in [3.05, 3.63) is 35.9 Å². The van der Waals surface area contributed by atoms with Crippen molar-refractivity contribution in [1.29, 1.82) is 0 Å². The summed E-state index contributed by atoms with van der Waals surface area (Å²) in [5.41, 5.74) is 0.571. The average molecular weight is 351 g/mol. The number of benzene rings is 1. The minimum Gasteiger partial charge on any atom is -0.444 e. The van der Waals surface area contributed by atoms with Gasteiger partial charge in [-0.05, 0) is 32.8 Å². The third kappa shape index (κ3) is 7.42. The van der Waals surface area contributed by atoms with E-state index >= 15 is 0 Å². The van der Waals surface area contributed by atoms with E-state index in [0.717, 1.165) is 12.0 Å². The van der Waals surface area contributed by atoms with Gasteiger partial charge in [0.1, 0.15) is 11.7 Å². The molecule has 6 nitrogen and oxygen atoms in total. The molecule has 1 heterocycles. The Bertz CT molecular complexity index is 528. The summed E-state index contributed by atoms with van der Waals surface area (Å²) in [5.74, 6) is 0. The zero-order valence-electron chi connectivity index (χ0n) is 15.3. The van der Waals surface area contributed by atoms with E-state index in [1.807, 2.05) is 51.1 Å². The van der Waals surface area contributed by atoms with Crippen molar-refractivity contribution in [3.8, 4) is 0 Å². The van der Waals surface area contributed by atoms with E-state index in [-0.39, 0.29) is 25.4 Å². The number of aliphatic hydroxyl groups excluding tert-OH is 1. The third-order valence-electron chi connectivity index (χ3n) is 3.74. The third-order valence-corrected chi connectivity index (χ3v) is 3.74. The number of rotatable bonds is 7. The monoisotopic (exact) mass is 351 g/mol. The van der Waals surface area contributed by atoms with Crippen LogP contribution in [0.2, 0.25) is 0 Å². The van der Waals surface area contributed by atoms with Gasteiger partial charge in [-0.1, -0.05) is 30.3 Å². The molecule has 0 unspecified atom stereocenters. The van der Waals surface area contributed by atoms with Gasteiger partial charge >= 0.3 is 6.09 Å². The molecule has 6 heteroatoms. The topological polar surface area (TPSA) is 68.2 Å². The van der Waals surface area contributed by atoms with Gasteiger partial charge < -0.3 is 24.2 Å². The number of carbonyl (C=O) groups excluding carboxylic acids is 1. The number of aliphatic hydroxyl groups is 1. The Hall–Kier alpha value is -1.63. The van der Waals surface area contributed by atoms with E-state index in [9.17, 15) is 9.90 Å². The smallest absolute Gasteiger partial charge is 0.410 e. The van der Waals surface area contributed by atoms with Crippen LogP contribution in [0.25, 0.3) is 0 Å². The number of carbonyl (C=O) groups is 1. The highest BCUT2D eigenvalue weighted by molar-refractivity contribution is 5.68. The van der Waals surface area contributed by atoms with Crippen LogP contribution in [0.1, 0.15) is 32.8 Å². The minimum atomic E-state index is -0.681. The molecule has 2 rings (SSSR count). The molecule has 1 aromatic rings. The predicted octanol–water partition coefficient (Wildman–Crippen LogP) is 2.59. The van der Waals surface area contributed by atoms with Crippen molar-refractivity contribution in [1.82, 2.24) is 4.90 Å². The minimum absolute atomic E-state index is 0.0729. The van der Waals surface area contributed by atoms with Gasteiger partial charge in [0.05, 0.1) is 32.5 Å². The number of nitrogens with zero attached hydrogens (tertiary/aromatic N) is 1. The van der Waals surface area contributed by atoms with Gasteiger partial charge in [0.15, 0.2) is 0 Å². The van der Waals surface area contributed by atoms with E-state index < -0.39 is 11.7 Å². The lowest BCUT2D eigenvalue weighted by Gasteiger charge is -2.24. The quantitative estimate of drug-likeness (QED) is 0.818. The lowest BCUT2D eigenvalue weighted by molar-refractivity contribution is -0.0451. The van der Waals surface area contributed by atoms with E-state index in [1.54, 1.807) is 4.90 Å². The van der Waals surface area contributed by atoms with Crippen LogP contribution in [0.4, 0.5) is 4.79 Å². The summed E-state index contributed by atoms with van der Waals surface area (Å²) < 4.78 is 16.5. The second-order valence-corrected chi connectivity index (χ2v) is 7.32. The van der Waals surface area contributed by atoms with E-state index in [0.29, 0.717) is 19.7 Å². The molecule has 2 atom stereocenters. The number of likely N-dealkylation sites (tertiary alicyclic amines) is 1. The number of hydrogen-bond acceptors (Lipinski definition) is 5. The van der Waals surface area contributed by atoms with Crippen LogP contribution in [0, 0.1) is 0 Å². The second kappa shape index (κ2) is 9.17. The largest absolute Gasteiger partial charge is 0.444 e. The van der Waals surface area contributed by atoms with Crippen molar-refractivity contribution < 1.29 is 24.1 Å². The fourth-order valence-corrected chi connectivity index (χ4v) is 2.54. The van der Waals surface area contributed by atoms with E-state index in [4.69, 9.17) is 14.2 Å². The highest BCUT2D eigenvalue weighted by Gasteiger charge is 2.30. The molecule has 0 saturated carbocycles. The highest BCUT2D eigenvalue weighted by atomic mass is 16.6. The molecule has 1 amide bonds. The molecule has 1 saturated heterocycles. The van der Waals surface area contributed by atoms with Gasteiger partial charge in [0.2, 0.25) is 0 Å². The Balaban J connectivity index is 1.60. The molecular formula is C19H29NO5. The molecule has 0 aromatic heterocycles. The van der Waals surface area contributed by atoms with Gasteiger partial charge in [-0.2, -0.15) is 0 Å². The molecule has 0 radical (unpaired) electrons. The Kier molecular flexibility index (Phi) is 7.23. The molecule has 1 fully saturated rings. The molecule has 0 bridgehead atoms. The van der Waals surface area contributed by atoms with Gasteiger partial charge in [0, 0.05) is 6.54 Å². The molecule has 0 aliphatic carbocycles. The Morgan fingerprint density at radius 2 is 2.00 bits per heavy atom. The van der Waals surface area contributed by atoms with Crippen molar-refractivity contribution in [2.75, 3.05) is 26.3 Å². The summed E-state index contributed by atoms with van der Waals surface area (Å²) in [6, 6.07) is 9.82. The van der Waals surface area contributed by atoms with Crippen LogP contribution < -0.4 is 0 Å². The lowest BCUT2D eigenvalue weighted by Crippen LogP contribution is -2.36. The molecule has 1 N–H and O–H groups in total. The summed E-state index contributed by atoms with van der Waals surface area (Å²) in [7, 11) is 0. The van der Waals surface area contributed by atoms with Gasteiger partial charge in [-0.25, -0.2) is 4.79 Å². The van der Waals surface area contributed by atoms with Crippen LogP contribution >= 0.6 is 0 Å². The van der Waals surface area contributed by atoms with Crippen LogP contribution in [0.5, 0.6) is 0 Å². The van der Waals surface area contributed by atoms with Crippen LogP contribution in [0.15, 0.2) is 30.3 Å². The SMILES string of the molecule is CC(C)(C)OC(=O)N1CC[C@H](OC[C@H](O)COCc2ccccc2)C1. The van der Waals surface area contributed by atoms with Crippen molar-refractivity contribution in [2.45, 2.75) is 51.6 Å². The zero-order chi connectivity index (χ0) is 18.3. The van der Waals surface area contributed by atoms with Gasteiger partial charge in [-0.15, -0.1) is 0 Å². The van der Waals surface area contributed by atoms with E-state index in [2.05, 4.69) is 0 Å². The average Bonchev–Trinajstić information content (AvgIpc) is 3.01. The Labute approximate surface area is 149 Å². The van der Waals surface area contributed by atoms with Crippen molar-refractivity contribution in [2.24, 2.45) is 0 Å². The maximum Gasteiger partial charge on any atom is 0.410 e. The van der Waals surface area contributed by atoms with E-state index in [1.165, 1.54) is 0 Å². The fraction of sp³-hybridized carbons (Fsp3) is 0.632. The molecule has 1 aliphatic heterocycles. The first kappa shape index (κ1) is 19.7. The van der Waals surface area contributed by atoms with Gasteiger partial charge in [0.25, 0.3) is 0 Å². The molecule has 25 heavy (non-hydrogen) atoms. The molecule has 1 aromatic carbocycles. The molecule has 0 spiro atoms. The van der Waals surface area contributed by atoms with Crippen molar-refractivity contribution in [3.63, 3.8) is 0 Å². The van der Waals surface area contributed by atoms with Crippen LogP contribution in [0.3, 0.4) is 0 Å². The normalized spacial score (nSPS) is 19.0. The standard InChI is InChI=1S/C19H29NO5/c1-19(2,3)25-18(22)20-10-9-17(11-20)24-14-16(21)13-23-12-15-7-5-4-6-8-15/h4-8,16-17,21H,9-14H2,1-3H3/t16-,17+/m1/s1. The maximum atomic E-state index is 12.0. The second-order valence-electron chi connectivity index (χ2n) is 7.32. The zero-order valence-corrected chi connectivity index (χ0v) is 15.3. The fourth-order valence-electron chi connectivity index (χ4n) is 2.54. The summed E-state index contributed by atoms with van der Waals surface area (Å²) >= 11 is 0. The van der Waals surface area contributed by atoms with Crippen molar-refractivity contribution >= 4 is 6.09 Å². The number of amides is 1. The maximum absolute atomic E-state index is 12.0. The summed E-state index contributed by atoms with van der Waals surface area (Å²) in [4.78, 5) is 13.6. The molecular weight excluding hydrogens is 322 g/mol. The Morgan fingerprint density at radius 1 is 1.28 bits per heavy atom. The summed E-state index contributed by atoms with van der Waals surface area (Å²) in [5, 5.41) is 9.96. The molecule has 140 valence electrons. The predicted molar refractivity (Wildman–Crippen MR) is 94.3 cm³/mol. The Morgan fingerprint density at radius 3 is 2.68 bits per heavy atom. The van der Waals surface area contributed by atoms with Gasteiger partial charge in [-0.3, -0.25) is 0 Å².